The number of hydrogen-bond donors (Lipinski definition) is 1. The quantitative estimate of drug-likeness (QED) is 0.613. The van der Waals surface area contributed by atoms with Crippen LogP contribution in [0.4, 0.5) is 17.1 Å². The van der Waals surface area contributed by atoms with E-state index in [-0.39, 0.29) is 11.3 Å². The SMILES string of the molecule is O=C(Nc1ccc(Cl)cc1Cl)c1ccc(N2CCCC2)c([N+](=O)[O-])c1. The van der Waals surface area contributed by atoms with Gasteiger partial charge in [0.25, 0.3) is 11.6 Å². The summed E-state index contributed by atoms with van der Waals surface area (Å²) in [6.07, 6.45) is 2.02. The molecule has 130 valence electrons. The molecule has 0 unspecified atom stereocenters. The Morgan fingerprint density at radius 2 is 1.84 bits per heavy atom. The van der Waals surface area contributed by atoms with Crippen molar-refractivity contribution < 1.29 is 9.72 Å². The van der Waals surface area contributed by atoms with E-state index in [0.29, 0.717) is 21.4 Å². The first-order valence-corrected chi connectivity index (χ1v) is 8.51. The average Bonchev–Trinajstić information content (AvgIpc) is 3.11. The summed E-state index contributed by atoms with van der Waals surface area (Å²) in [5.74, 6) is -0.472. The molecule has 1 heterocycles. The highest BCUT2D eigenvalue weighted by Crippen LogP contribution is 2.32. The number of benzene rings is 2. The lowest BCUT2D eigenvalue weighted by molar-refractivity contribution is -0.384. The van der Waals surface area contributed by atoms with Crippen LogP contribution in [0.3, 0.4) is 0 Å². The number of amides is 1. The Morgan fingerprint density at radius 3 is 2.48 bits per heavy atom. The van der Waals surface area contributed by atoms with Gasteiger partial charge in [-0.1, -0.05) is 23.2 Å². The molecule has 3 rings (SSSR count). The third kappa shape index (κ3) is 3.86. The summed E-state index contributed by atoms with van der Waals surface area (Å²) < 4.78 is 0. The molecule has 0 aromatic heterocycles. The van der Waals surface area contributed by atoms with Gasteiger partial charge < -0.3 is 10.2 Å². The summed E-state index contributed by atoms with van der Waals surface area (Å²) in [5.41, 5.74) is 1.06. The molecule has 1 fully saturated rings. The second kappa shape index (κ2) is 7.29. The Bertz CT molecular complexity index is 836. The van der Waals surface area contributed by atoms with Crippen LogP contribution in [-0.2, 0) is 0 Å². The smallest absolute Gasteiger partial charge is 0.293 e. The van der Waals surface area contributed by atoms with Gasteiger partial charge in [0.1, 0.15) is 5.69 Å². The summed E-state index contributed by atoms with van der Waals surface area (Å²) >= 11 is 11.9. The van der Waals surface area contributed by atoms with Crippen LogP contribution >= 0.6 is 23.2 Å². The van der Waals surface area contributed by atoms with Crippen LogP contribution in [0.15, 0.2) is 36.4 Å². The minimum atomic E-state index is -0.472. The van der Waals surface area contributed by atoms with Gasteiger partial charge in [0, 0.05) is 29.7 Å². The predicted octanol–water partition coefficient (Wildman–Crippen LogP) is 4.75. The van der Waals surface area contributed by atoms with E-state index < -0.39 is 10.8 Å². The molecule has 1 aliphatic rings. The number of carbonyl (C=O) groups is 1. The topological polar surface area (TPSA) is 75.5 Å². The van der Waals surface area contributed by atoms with Crippen LogP contribution in [0.5, 0.6) is 0 Å². The first-order valence-electron chi connectivity index (χ1n) is 7.75. The summed E-state index contributed by atoms with van der Waals surface area (Å²) in [6, 6.07) is 9.20. The molecule has 0 bridgehead atoms. The Labute approximate surface area is 154 Å². The zero-order valence-electron chi connectivity index (χ0n) is 13.2. The summed E-state index contributed by atoms with van der Waals surface area (Å²) in [6.45, 7) is 1.57. The van der Waals surface area contributed by atoms with Crippen LogP contribution < -0.4 is 10.2 Å². The van der Waals surface area contributed by atoms with Crippen LogP contribution in [0.25, 0.3) is 0 Å². The monoisotopic (exact) mass is 379 g/mol. The number of nitro benzene ring substituents is 1. The number of anilines is 2. The highest BCUT2D eigenvalue weighted by Gasteiger charge is 2.24. The van der Waals surface area contributed by atoms with E-state index in [4.69, 9.17) is 23.2 Å². The molecule has 25 heavy (non-hydrogen) atoms. The molecule has 1 saturated heterocycles. The van der Waals surface area contributed by atoms with E-state index in [0.717, 1.165) is 25.9 Å². The standard InChI is InChI=1S/C17H15Cl2N3O3/c18-12-4-5-14(13(19)10-12)20-17(23)11-3-6-15(16(9-11)22(24)25)21-7-1-2-8-21/h3-6,9-10H,1-2,7-8H2,(H,20,23). The molecule has 2 aromatic carbocycles. The summed E-state index contributed by atoms with van der Waals surface area (Å²) in [5, 5.41) is 14.8. The second-order valence-electron chi connectivity index (χ2n) is 5.73. The molecule has 0 saturated carbocycles. The third-order valence-corrected chi connectivity index (χ3v) is 4.61. The van der Waals surface area contributed by atoms with Crippen molar-refractivity contribution in [2.24, 2.45) is 0 Å². The van der Waals surface area contributed by atoms with Gasteiger partial charge in [0.2, 0.25) is 0 Å². The highest BCUT2D eigenvalue weighted by molar-refractivity contribution is 6.36. The minimum Gasteiger partial charge on any atom is -0.366 e. The molecule has 1 N–H and O–H groups in total. The van der Waals surface area contributed by atoms with Crippen molar-refractivity contribution in [3.05, 3.63) is 62.1 Å². The van der Waals surface area contributed by atoms with E-state index in [1.165, 1.54) is 12.1 Å². The van der Waals surface area contributed by atoms with Crippen molar-refractivity contribution in [2.75, 3.05) is 23.3 Å². The van der Waals surface area contributed by atoms with Gasteiger partial charge >= 0.3 is 0 Å². The molecule has 0 spiro atoms. The van der Waals surface area contributed by atoms with Gasteiger partial charge in [0.05, 0.1) is 15.6 Å². The Morgan fingerprint density at radius 1 is 1.12 bits per heavy atom. The number of nitrogens with zero attached hydrogens (tertiary/aromatic N) is 2. The zero-order chi connectivity index (χ0) is 18.0. The Kier molecular flexibility index (Phi) is 5.11. The van der Waals surface area contributed by atoms with Gasteiger partial charge in [-0.15, -0.1) is 0 Å². The van der Waals surface area contributed by atoms with E-state index in [1.54, 1.807) is 24.3 Å². The normalized spacial score (nSPS) is 13.8. The predicted molar refractivity (Wildman–Crippen MR) is 99.0 cm³/mol. The van der Waals surface area contributed by atoms with Gasteiger partial charge in [0.15, 0.2) is 0 Å². The van der Waals surface area contributed by atoms with Crippen molar-refractivity contribution >= 4 is 46.2 Å². The van der Waals surface area contributed by atoms with Gasteiger partial charge in [-0.05, 0) is 43.2 Å². The molecule has 6 nitrogen and oxygen atoms in total. The molecule has 0 aliphatic carbocycles. The van der Waals surface area contributed by atoms with Crippen LogP contribution in [0.2, 0.25) is 10.0 Å². The molecule has 1 amide bonds. The molecule has 1 aliphatic heterocycles. The summed E-state index contributed by atoms with van der Waals surface area (Å²) in [4.78, 5) is 25.3. The van der Waals surface area contributed by atoms with Crippen molar-refractivity contribution in [1.29, 1.82) is 0 Å². The van der Waals surface area contributed by atoms with Crippen LogP contribution in [-0.4, -0.2) is 23.9 Å². The minimum absolute atomic E-state index is 0.0725. The van der Waals surface area contributed by atoms with Crippen molar-refractivity contribution in [2.45, 2.75) is 12.8 Å². The van der Waals surface area contributed by atoms with Crippen molar-refractivity contribution in [3.63, 3.8) is 0 Å². The lowest BCUT2D eigenvalue weighted by Crippen LogP contribution is -2.19. The van der Waals surface area contributed by atoms with Crippen molar-refractivity contribution in [3.8, 4) is 0 Å². The number of nitro groups is 1. The molecule has 8 heteroatoms. The Hall–Kier alpha value is -2.31. The fourth-order valence-electron chi connectivity index (χ4n) is 2.82. The largest absolute Gasteiger partial charge is 0.366 e. The fraction of sp³-hybridized carbons (Fsp3) is 0.235. The number of halogens is 2. The maximum atomic E-state index is 12.4. The second-order valence-corrected chi connectivity index (χ2v) is 6.58. The van der Waals surface area contributed by atoms with Crippen LogP contribution in [0, 0.1) is 10.1 Å². The molecule has 2 aromatic rings. The highest BCUT2D eigenvalue weighted by atomic mass is 35.5. The molecular formula is C17H15Cl2N3O3. The number of nitrogens with one attached hydrogen (secondary N) is 1. The average molecular weight is 380 g/mol. The first-order chi connectivity index (χ1) is 12.0. The van der Waals surface area contributed by atoms with Crippen LogP contribution in [0.1, 0.15) is 23.2 Å². The van der Waals surface area contributed by atoms with E-state index in [9.17, 15) is 14.9 Å². The molecule has 0 radical (unpaired) electrons. The van der Waals surface area contributed by atoms with E-state index in [1.807, 2.05) is 4.90 Å². The summed E-state index contributed by atoms with van der Waals surface area (Å²) in [7, 11) is 0. The number of hydrogen-bond acceptors (Lipinski definition) is 4. The molecular weight excluding hydrogens is 365 g/mol. The van der Waals surface area contributed by atoms with Gasteiger partial charge in [-0.25, -0.2) is 0 Å². The van der Waals surface area contributed by atoms with Gasteiger partial charge in [-0.2, -0.15) is 0 Å². The maximum Gasteiger partial charge on any atom is 0.293 e. The maximum absolute atomic E-state index is 12.4. The van der Waals surface area contributed by atoms with E-state index >= 15 is 0 Å². The number of rotatable bonds is 4. The fourth-order valence-corrected chi connectivity index (χ4v) is 3.28. The van der Waals surface area contributed by atoms with E-state index in [2.05, 4.69) is 5.32 Å². The lowest BCUT2D eigenvalue weighted by Gasteiger charge is -2.18. The zero-order valence-corrected chi connectivity index (χ0v) is 14.7. The lowest BCUT2D eigenvalue weighted by atomic mass is 10.1. The van der Waals surface area contributed by atoms with Gasteiger partial charge in [-0.3, -0.25) is 14.9 Å². The Balaban J connectivity index is 1.87. The molecule has 0 atom stereocenters. The third-order valence-electron chi connectivity index (χ3n) is 4.06. The number of carbonyl (C=O) groups excluding carboxylic acids is 1. The van der Waals surface area contributed by atoms with Crippen molar-refractivity contribution in [1.82, 2.24) is 0 Å². The first kappa shape index (κ1) is 17.5.